The molecule has 0 aliphatic heterocycles. The Kier molecular flexibility index (Phi) is 3.32. The van der Waals surface area contributed by atoms with Crippen molar-refractivity contribution in [2.45, 2.75) is 13.8 Å². The van der Waals surface area contributed by atoms with Gasteiger partial charge in [0.1, 0.15) is 5.82 Å². The van der Waals surface area contributed by atoms with Crippen LogP contribution in [0.1, 0.15) is 21.6 Å². The summed E-state index contributed by atoms with van der Waals surface area (Å²) in [5.41, 5.74) is 2.21. The van der Waals surface area contributed by atoms with E-state index >= 15 is 0 Å². The number of non-ortho nitro benzene ring substituents is 1. The highest BCUT2D eigenvalue weighted by atomic mass is 16.6. The summed E-state index contributed by atoms with van der Waals surface area (Å²) in [5, 5.41) is 25.4. The van der Waals surface area contributed by atoms with Crippen molar-refractivity contribution in [2.24, 2.45) is 7.05 Å². The van der Waals surface area contributed by atoms with Crippen molar-refractivity contribution in [3.8, 4) is 0 Å². The average molecular weight is 314 g/mol. The lowest BCUT2D eigenvalue weighted by Gasteiger charge is -2.06. The molecule has 0 aliphatic rings. The van der Waals surface area contributed by atoms with Crippen LogP contribution in [0.15, 0.2) is 18.2 Å². The van der Waals surface area contributed by atoms with Crippen LogP contribution in [0.4, 0.5) is 11.5 Å². The second-order valence-electron chi connectivity index (χ2n) is 5.22. The van der Waals surface area contributed by atoms with Gasteiger partial charge in [-0.3, -0.25) is 20.0 Å². The molecule has 0 bridgehead atoms. The topological polar surface area (TPSA) is 119 Å². The van der Waals surface area contributed by atoms with Gasteiger partial charge >= 0.3 is 0 Å². The van der Waals surface area contributed by atoms with E-state index < -0.39 is 4.92 Å². The number of carbonyl (C=O) groups excluding carboxylic acids is 1. The van der Waals surface area contributed by atoms with E-state index in [4.69, 9.17) is 0 Å². The summed E-state index contributed by atoms with van der Waals surface area (Å²) in [6, 6.07) is 4.11. The maximum atomic E-state index is 12.4. The monoisotopic (exact) mass is 314 g/mol. The van der Waals surface area contributed by atoms with E-state index in [1.165, 1.54) is 18.2 Å². The lowest BCUT2D eigenvalue weighted by Crippen LogP contribution is -2.14. The minimum atomic E-state index is -0.494. The first kappa shape index (κ1) is 14.7. The number of aryl methyl sites for hydroxylation is 3. The molecule has 1 aromatic carbocycles. The van der Waals surface area contributed by atoms with Gasteiger partial charge < -0.3 is 5.32 Å². The third kappa shape index (κ3) is 2.41. The highest BCUT2D eigenvalue weighted by molar-refractivity contribution is 6.08. The number of aromatic amines is 1. The van der Waals surface area contributed by atoms with Gasteiger partial charge in [-0.05, 0) is 25.5 Å². The Hall–Kier alpha value is -3.23. The number of nitrogens with one attached hydrogen (secondary N) is 2. The van der Waals surface area contributed by atoms with Crippen LogP contribution in [-0.2, 0) is 7.05 Å². The summed E-state index contributed by atoms with van der Waals surface area (Å²) in [7, 11) is 1.77. The Morgan fingerprint density at radius 2 is 2.13 bits per heavy atom. The van der Waals surface area contributed by atoms with Crippen molar-refractivity contribution >= 4 is 28.4 Å². The molecule has 0 spiro atoms. The third-order valence-corrected chi connectivity index (χ3v) is 3.62. The Bertz CT molecular complexity index is 940. The molecule has 3 rings (SSSR count). The number of aromatic nitrogens is 4. The number of nitro groups is 1. The highest BCUT2D eigenvalue weighted by Crippen LogP contribution is 2.24. The summed E-state index contributed by atoms with van der Waals surface area (Å²) in [5.74, 6) is 0.0829. The lowest BCUT2D eigenvalue weighted by molar-refractivity contribution is -0.384. The first-order valence-electron chi connectivity index (χ1n) is 6.82. The van der Waals surface area contributed by atoms with Gasteiger partial charge in [0.2, 0.25) is 0 Å². The number of nitro benzene ring substituents is 1. The molecule has 0 fully saturated rings. The van der Waals surface area contributed by atoms with Crippen molar-refractivity contribution in [3.63, 3.8) is 0 Å². The molecule has 3 aromatic rings. The van der Waals surface area contributed by atoms with Gasteiger partial charge in [-0.25, -0.2) is 4.68 Å². The molecule has 0 atom stereocenters. The summed E-state index contributed by atoms with van der Waals surface area (Å²) in [6.45, 7) is 3.48. The minimum absolute atomic E-state index is 0.0499. The average Bonchev–Trinajstić information content (AvgIpc) is 3.01. The second-order valence-corrected chi connectivity index (χ2v) is 5.22. The smallest absolute Gasteiger partial charge is 0.269 e. The molecule has 2 heterocycles. The number of rotatable bonds is 3. The molecule has 1 amide bonds. The van der Waals surface area contributed by atoms with Crippen LogP contribution < -0.4 is 5.32 Å². The Labute approximate surface area is 130 Å². The number of nitrogens with zero attached hydrogens (tertiary/aromatic N) is 4. The molecule has 9 nitrogen and oxygen atoms in total. The van der Waals surface area contributed by atoms with Crippen molar-refractivity contribution in [1.29, 1.82) is 0 Å². The number of fused-ring (bicyclic) bond motifs is 1. The van der Waals surface area contributed by atoms with Gasteiger partial charge in [0.25, 0.3) is 11.6 Å². The number of anilines is 1. The second kappa shape index (κ2) is 5.20. The van der Waals surface area contributed by atoms with Crippen molar-refractivity contribution in [3.05, 3.63) is 45.1 Å². The largest absolute Gasteiger partial charge is 0.306 e. The van der Waals surface area contributed by atoms with Crippen LogP contribution in [0.3, 0.4) is 0 Å². The van der Waals surface area contributed by atoms with E-state index in [0.717, 1.165) is 11.1 Å². The van der Waals surface area contributed by atoms with Gasteiger partial charge in [0, 0.05) is 24.7 Å². The standard InChI is InChI=1S/C14H14N6O3/c1-7-6-9(20(22)23)4-5-10(7)14(21)15-12-11-8(2)18-19(3)13(11)17-16-12/h4-6H,1-3H3,(H2,15,16,17,21). The SMILES string of the molecule is Cc1cc([N+](=O)[O-])ccc1C(=O)Nc1[nH]nc2c1c(C)nn2C. The first-order chi connectivity index (χ1) is 10.9. The fourth-order valence-corrected chi connectivity index (χ4v) is 2.52. The number of amides is 1. The fraction of sp³-hybridized carbons (Fsp3) is 0.214. The molecule has 9 heteroatoms. The van der Waals surface area contributed by atoms with E-state index in [1.807, 2.05) is 6.92 Å². The predicted octanol–water partition coefficient (Wildman–Crippen LogP) is 2.07. The molecular formula is C14H14N6O3. The van der Waals surface area contributed by atoms with Gasteiger partial charge in [0.15, 0.2) is 5.65 Å². The summed E-state index contributed by atoms with van der Waals surface area (Å²) in [6.07, 6.45) is 0. The minimum Gasteiger partial charge on any atom is -0.306 e. The maximum Gasteiger partial charge on any atom is 0.269 e. The van der Waals surface area contributed by atoms with Gasteiger partial charge in [-0.15, -0.1) is 0 Å². The molecule has 118 valence electrons. The predicted molar refractivity (Wildman–Crippen MR) is 83.4 cm³/mol. The summed E-state index contributed by atoms with van der Waals surface area (Å²) in [4.78, 5) is 22.7. The molecule has 0 saturated heterocycles. The zero-order chi connectivity index (χ0) is 16.7. The van der Waals surface area contributed by atoms with Crippen LogP contribution >= 0.6 is 0 Å². The van der Waals surface area contributed by atoms with Crippen LogP contribution in [-0.4, -0.2) is 30.8 Å². The molecule has 23 heavy (non-hydrogen) atoms. The Morgan fingerprint density at radius 1 is 1.39 bits per heavy atom. The lowest BCUT2D eigenvalue weighted by atomic mass is 10.1. The zero-order valence-corrected chi connectivity index (χ0v) is 12.7. The maximum absolute atomic E-state index is 12.4. The van der Waals surface area contributed by atoms with Crippen molar-refractivity contribution in [2.75, 3.05) is 5.32 Å². The Balaban J connectivity index is 1.93. The molecule has 2 N–H and O–H groups in total. The van der Waals surface area contributed by atoms with Crippen LogP contribution in [0.25, 0.3) is 11.0 Å². The number of hydrogen-bond donors (Lipinski definition) is 2. The molecule has 0 unspecified atom stereocenters. The normalized spacial score (nSPS) is 10.9. The van der Waals surface area contributed by atoms with E-state index in [0.29, 0.717) is 22.6 Å². The molecular weight excluding hydrogens is 300 g/mol. The summed E-state index contributed by atoms with van der Waals surface area (Å²) >= 11 is 0. The quantitative estimate of drug-likeness (QED) is 0.566. The van der Waals surface area contributed by atoms with Crippen LogP contribution in [0.2, 0.25) is 0 Å². The summed E-state index contributed by atoms with van der Waals surface area (Å²) < 4.78 is 1.62. The first-order valence-corrected chi connectivity index (χ1v) is 6.82. The number of benzene rings is 1. The fourth-order valence-electron chi connectivity index (χ4n) is 2.52. The van der Waals surface area contributed by atoms with E-state index in [-0.39, 0.29) is 11.6 Å². The highest BCUT2D eigenvalue weighted by Gasteiger charge is 2.18. The van der Waals surface area contributed by atoms with Crippen LogP contribution in [0, 0.1) is 24.0 Å². The van der Waals surface area contributed by atoms with Crippen molar-refractivity contribution < 1.29 is 9.72 Å². The van der Waals surface area contributed by atoms with E-state index in [1.54, 1.807) is 18.7 Å². The molecule has 0 saturated carbocycles. The number of H-pyrrole nitrogens is 1. The van der Waals surface area contributed by atoms with Crippen LogP contribution in [0.5, 0.6) is 0 Å². The van der Waals surface area contributed by atoms with Crippen molar-refractivity contribution in [1.82, 2.24) is 20.0 Å². The third-order valence-electron chi connectivity index (χ3n) is 3.62. The number of carbonyl (C=O) groups is 1. The number of hydrogen-bond acceptors (Lipinski definition) is 5. The molecule has 0 radical (unpaired) electrons. The van der Waals surface area contributed by atoms with Gasteiger partial charge in [-0.1, -0.05) is 0 Å². The zero-order valence-electron chi connectivity index (χ0n) is 12.7. The van der Waals surface area contributed by atoms with Gasteiger partial charge in [-0.2, -0.15) is 10.2 Å². The van der Waals surface area contributed by atoms with E-state index in [2.05, 4.69) is 20.6 Å². The van der Waals surface area contributed by atoms with E-state index in [9.17, 15) is 14.9 Å². The molecule has 0 aliphatic carbocycles. The Morgan fingerprint density at radius 3 is 2.78 bits per heavy atom. The van der Waals surface area contributed by atoms with Gasteiger partial charge in [0.05, 0.1) is 16.0 Å². The molecule has 2 aromatic heterocycles.